The fourth-order valence-electron chi connectivity index (χ4n) is 7.43. The van der Waals surface area contributed by atoms with Crippen molar-refractivity contribution in [2.75, 3.05) is 0 Å². The number of alkyl carbamates (subject to hydrolysis) is 1. The van der Waals surface area contributed by atoms with Crippen LogP contribution < -0.4 is 5.32 Å². The fourth-order valence-corrected chi connectivity index (χ4v) is 7.43. The molecule has 0 aliphatic heterocycles. The molecule has 1 saturated carbocycles. The number of pyridine rings is 1. The number of amides is 1. The Morgan fingerprint density at radius 2 is 1.58 bits per heavy atom. The number of nitrogens with zero attached hydrogens (tertiary/aromatic N) is 4. The third-order valence-electron chi connectivity index (χ3n) is 9.44. The monoisotopic (exact) mass is 651 g/mol. The molecule has 0 bridgehead atoms. The third kappa shape index (κ3) is 7.41. The predicted octanol–water partition coefficient (Wildman–Crippen LogP) is 8.46. The summed E-state index contributed by atoms with van der Waals surface area (Å²) in [7, 11) is 0. The molecule has 1 unspecified atom stereocenters. The fraction of sp³-hybridized carbons (Fsp3) is 0.487. The van der Waals surface area contributed by atoms with Crippen molar-refractivity contribution in [3.8, 4) is 0 Å². The van der Waals surface area contributed by atoms with Gasteiger partial charge in [0.05, 0.1) is 34.9 Å². The first-order valence-corrected chi connectivity index (χ1v) is 17.3. The molecular weight excluding hydrogens is 602 g/mol. The normalized spacial score (nSPS) is 21.5. The Morgan fingerprint density at radius 3 is 2.29 bits per heavy atom. The van der Waals surface area contributed by atoms with Gasteiger partial charge in [0.2, 0.25) is 0 Å². The van der Waals surface area contributed by atoms with E-state index < -0.39 is 28.9 Å². The molecule has 9 nitrogen and oxygen atoms in total. The Kier molecular flexibility index (Phi) is 9.35. The van der Waals surface area contributed by atoms with E-state index in [1.165, 1.54) is 5.56 Å². The van der Waals surface area contributed by atoms with E-state index in [2.05, 4.69) is 28.4 Å². The van der Waals surface area contributed by atoms with Crippen LogP contribution in [-0.4, -0.2) is 48.9 Å². The maximum atomic E-state index is 13.8. The Hall–Kier alpha value is -4.24. The molecular formula is C39H49N5O4. The van der Waals surface area contributed by atoms with Crippen LogP contribution in [-0.2, 0) is 28.0 Å². The van der Waals surface area contributed by atoms with Crippen LogP contribution in [0.1, 0.15) is 109 Å². The number of aryl methyl sites for hydroxylation is 1. The molecule has 1 atom stereocenters. The highest BCUT2D eigenvalue weighted by molar-refractivity contribution is 5.87. The van der Waals surface area contributed by atoms with Crippen molar-refractivity contribution >= 4 is 23.2 Å². The van der Waals surface area contributed by atoms with Gasteiger partial charge in [-0.25, -0.2) is 19.1 Å². The molecule has 48 heavy (non-hydrogen) atoms. The smallest absolute Gasteiger partial charge is 0.420 e. The van der Waals surface area contributed by atoms with Crippen LogP contribution in [0.5, 0.6) is 0 Å². The first-order valence-electron chi connectivity index (χ1n) is 17.3. The number of carbonyl (C=O) groups is 2. The van der Waals surface area contributed by atoms with E-state index in [1.807, 2.05) is 96.3 Å². The summed E-state index contributed by atoms with van der Waals surface area (Å²) >= 11 is 0. The number of carbonyl (C=O) groups excluding carboxylic acids is 2. The van der Waals surface area contributed by atoms with Crippen LogP contribution in [0.2, 0.25) is 0 Å². The zero-order valence-electron chi connectivity index (χ0n) is 29.2. The number of ether oxygens (including phenoxy) is 2. The van der Waals surface area contributed by atoms with Crippen molar-refractivity contribution in [1.29, 1.82) is 0 Å². The van der Waals surface area contributed by atoms with Crippen LogP contribution >= 0.6 is 0 Å². The average molecular weight is 652 g/mol. The molecule has 2 aliphatic rings. The van der Waals surface area contributed by atoms with Gasteiger partial charge >= 0.3 is 12.2 Å². The van der Waals surface area contributed by atoms with E-state index in [1.54, 1.807) is 4.57 Å². The van der Waals surface area contributed by atoms with Crippen LogP contribution in [0.25, 0.3) is 11.0 Å². The second-order valence-corrected chi connectivity index (χ2v) is 15.3. The van der Waals surface area contributed by atoms with Gasteiger partial charge in [0, 0.05) is 12.2 Å². The highest BCUT2D eigenvalue weighted by atomic mass is 16.6. The predicted molar refractivity (Wildman–Crippen MR) is 187 cm³/mol. The lowest BCUT2D eigenvalue weighted by molar-refractivity contribution is 0.0288. The quantitative estimate of drug-likeness (QED) is 0.223. The molecule has 2 heterocycles. The highest BCUT2D eigenvalue weighted by Gasteiger charge is 2.43. The number of imidazole rings is 1. The molecule has 254 valence electrons. The van der Waals surface area contributed by atoms with Gasteiger partial charge in [-0.2, -0.15) is 0 Å². The number of hydrogen-bond donors (Lipinski definition) is 1. The summed E-state index contributed by atoms with van der Waals surface area (Å²) < 4.78 is 13.3. The largest absolute Gasteiger partial charge is 0.444 e. The summed E-state index contributed by atoms with van der Waals surface area (Å²) in [5, 5.41) is 3.30. The zero-order chi connectivity index (χ0) is 34.1. The van der Waals surface area contributed by atoms with Gasteiger partial charge in [-0.1, -0.05) is 48.5 Å². The number of nitrogens with one attached hydrogen (secondary N) is 1. The number of benzene rings is 2. The Morgan fingerprint density at radius 1 is 0.896 bits per heavy atom. The topological polar surface area (TPSA) is 98.6 Å². The number of para-hydroxylation sites is 2. The first kappa shape index (κ1) is 33.7. The van der Waals surface area contributed by atoms with Crippen molar-refractivity contribution in [2.24, 2.45) is 0 Å². The number of fused-ring (bicyclic) bond motifs is 2. The molecule has 2 aromatic heterocycles. The van der Waals surface area contributed by atoms with Gasteiger partial charge in [0.15, 0.2) is 0 Å². The second-order valence-electron chi connectivity index (χ2n) is 15.3. The zero-order valence-corrected chi connectivity index (χ0v) is 29.2. The van der Waals surface area contributed by atoms with Crippen LogP contribution in [0.15, 0.2) is 72.9 Å². The molecule has 1 N–H and O–H groups in total. The Labute approximate surface area is 284 Å². The summed E-state index contributed by atoms with van der Waals surface area (Å²) in [4.78, 5) is 39.4. The van der Waals surface area contributed by atoms with Crippen LogP contribution in [0.4, 0.5) is 9.59 Å². The van der Waals surface area contributed by atoms with E-state index in [-0.39, 0.29) is 12.1 Å². The van der Waals surface area contributed by atoms with E-state index in [0.29, 0.717) is 12.4 Å². The lowest BCUT2D eigenvalue weighted by Gasteiger charge is -2.47. The molecule has 6 rings (SSSR count). The number of hydrogen-bond acceptors (Lipinski definition) is 7. The Bertz CT molecular complexity index is 1750. The molecule has 0 saturated heterocycles. The number of rotatable bonds is 6. The molecule has 1 fully saturated rings. The minimum Gasteiger partial charge on any atom is -0.444 e. The molecule has 9 heteroatoms. The molecule has 4 aromatic rings. The molecule has 0 spiro atoms. The molecule has 1 amide bonds. The maximum absolute atomic E-state index is 13.8. The summed E-state index contributed by atoms with van der Waals surface area (Å²) in [6, 6.07) is 22.4. The maximum Gasteiger partial charge on any atom is 0.420 e. The minimum absolute atomic E-state index is 0.0647. The van der Waals surface area contributed by atoms with Crippen molar-refractivity contribution in [3.63, 3.8) is 0 Å². The second kappa shape index (κ2) is 13.3. The van der Waals surface area contributed by atoms with Gasteiger partial charge in [-0.15, -0.1) is 0 Å². The van der Waals surface area contributed by atoms with Gasteiger partial charge in [-0.05, 0) is 116 Å². The van der Waals surface area contributed by atoms with Gasteiger partial charge in [0.1, 0.15) is 17.0 Å². The molecule has 0 radical (unpaired) electrons. The highest BCUT2D eigenvalue weighted by Crippen LogP contribution is 2.43. The standard InChI is InChI=1S/C39H49N5O4/c1-37(2,3)47-35(45)42-39(28-16-8-7-9-17-28)23-21-29(22-24-39)43(32-20-12-14-27-15-13-25-40-34(27)32)26-33-41-30-18-10-11-19-31(30)44(33)36(46)48-38(4,5)6/h7-11,13,15-19,25,29,32H,12,14,20-24,26H2,1-6H3,(H,42,45)/t29-,32?,39+. The van der Waals surface area contributed by atoms with Gasteiger partial charge in [0.25, 0.3) is 0 Å². The van der Waals surface area contributed by atoms with E-state index in [9.17, 15) is 9.59 Å². The molecule has 2 aromatic carbocycles. The Balaban J connectivity index is 1.37. The summed E-state index contributed by atoms with van der Waals surface area (Å²) in [5.41, 5.74) is 3.14. The lowest BCUT2D eigenvalue weighted by atomic mass is 9.74. The minimum atomic E-state index is -0.656. The van der Waals surface area contributed by atoms with Crippen LogP contribution in [0, 0.1) is 0 Å². The summed E-state index contributed by atoms with van der Waals surface area (Å²) in [6.45, 7) is 11.8. The summed E-state index contributed by atoms with van der Waals surface area (Å²) in [5.74, 6) is 0.653. The summed E-state index contributed by atoms with van der Waals surface area (Å²) in [6.07, 6.45) is 7.22. The van der Waals surface area contributed by atoms with E-state index in [0.717, 1.165) is 67.2 Å². The van der Waals surface area contributed by atoms with Crippen molar-refractivity contribution in [3.05, 3.63) is 95.6 Å². The van der Waals surface area contributed by atoms with E-state index in [4.69, 9.17) is 19.4 Å². The van der Waals surface area contributed by atoms with Gasteiger partial charge < -0.3 is 14.8 Å². The lowest BCUT2D eigenvalue weighted by Crippen LogP contribution is -2.53. The van der Waals surface area contributed by atoms with Crippen molar-refractivity contribution in [1.82, 2.24) is 24.8 Å². The van der Waals surface area contributed by atoms with Crippen molar-refractivity contribution in [2.45, 2.75) is 122 Å². The van der Waals surface area contributed by atoms with Gasteiger partial charge in [-0.3, -0.25) is 9.88 Å². The van der Waals surface area contributed by atoms with Crippen molar-refractivity contribution < 1.29 is 19.1 Å². The van der Waals surface area contributed by atoms with E-state index >= 15 is 0 Å². The SMILES string of the molecule is CC(C)(C)OC(=O)N[C@]1(c2ccccc2)CC[C@H](N(Cc2nc3ccccc3n2C(=O)OC(C)(C)C)C2CCCc3cccnc32)CC1. The van der Waals surface area contributed by atoms with Crippen LogP contribution in [0.3, 0.4) is 0 Å². The average Bonchev–Trinajstić information content (AvgIpc) is 3.41. The third-order valence-corrected chi connectivity index (χ3v) is 9.44. The number of aromatic nitrogens is 3. The molecule has 2 aliphatic carbocycles. The first-order chi connectivity index (χ1) is 22.8.